The third-order valence-electron chi connectivity index (χ3n) is 11.0. The lowest BCUT2D eigenvalue weighted by Crippen LogP contribution is -2.33. The molecule has 55 heavy (non-hydrogen) atoms. The molecule has 1 unspecified atom stereocenters. The molecule has 1 atom stereocenters. The topological polar surface area (TPSA) is 63.0 Å². The lowest BCUT2D eigenvalue weighted by molar-refractivity contribution is 0.663. The number of rotatable bonds is 4. The third kappa shape index (κ3) is 4.65. The molecule has 4 heterocycles. The number of hydrogen-bond donors (Lipinski definition) is 1. The monoisotopic (exact) mass is 723 g/mol. The summed E-state index contributed by atoms with van der Waals surface area (Å²) in [6.45, 7) is 0. The summed E-state index contributed by atoms with van der Waals surface area (Å²) in [5.41, 5.74) is 8.52. The highest BCUT2D eigenvalue weighted by Crippen LogP contribution is 2.44. The summed E-state index contributed by atoms with van der Waals surface area (Å²) < 4.78 is 15.6. The normalized spacial score (nSPS) is 14.7. The van der Waals surface area contributed by atoms with Crippen LogP contribution in [0.4, 0.5) is 0 Å². The first-order chi connectivity index (χ1) is 27.2. The van der Waals surface area contributed by atoms with Crippen LogP contribution in [0.3, 0.4) is 0 Å². The van der Waals surface area contributed by atoms with Gasteiger partial charge in [-0.3, -0.25) is 0 Å². The summed E-state index contributed by atoms with van der Waals surface area (Å²) in [4.78, 5) is 10.7. The van der Waals surface area contributed by atoms with Crippen molar-refractivity contribution in [2.75, 3.05) is 0 Å². The van der Waals surface area contributed by atoms with E-state index < -0.39 is 6.17 Å². The molecule has 6 heteroatoms. The van der Waals surface area contributed by atoms with Crippen molar-refractivity contribution >= 4 is 97.8 Å². The summed E-state index contributed by atoms with van der Waals surface area (Å²) >= 11 is 1.80. The Balaban J connectivity index is 1.07. The predicted molar refractivity (Wildman–Crippen MR) is 229 cm³/mol. The molecular formula is C49H29N3O2S. The van der Waals surface area contributed by atoms with E-state index in [-0.39, 0.29) is 0 Å². The van der Waals surface area contributed by atoms with E-state index in [0.29, 0.717) is 5.84 Å². The van der Waals surface area contributed by atoms with Crippen molar-refractivity contribution in [2.45, 2.75) is 6.17 Å². The minimum Gasteiger partial charge on any atom is -0.456 e. The third-order valence-corrected chi connectivity index (χ3v) is 12.2. The first kappa shape index (κ1) is 30.4. The van der Waals surface area contributed by atoms with Crippen LogP contribution in [0.2, 0.25) is 0 Å². The number of fused-ring (bicyclic) bond motifs is 10. The summed E-state index contributed by atoms with van der Waals surface area (Å²) in [6.07, 6.45) is -0.437. The van der Waals surface area contributed by atoms with Gasteiger partial charge in [-0.2, -0.15) is 0 Å². The minimum absolute atomic E-state index is 0.437. The molecule has 0 amide bonds. The minimum atomic E-state index is -0.437. The maximum absolute atomic E-state index is 6.83. The summed E-state index contributed by atoms with van der Waals surface area (Å²) in [7, 11) is 0. The number of para-hydroxylation sites is 2. The number of nitrogens with one attached hydrogen (secondary N) is 1. The van der Waals surface area contributed by atoms with E-state index in [1.165, 1.54) is 25.6 Å². The van der Waals surface area contributed by atoms with Crippen molar-refractivity contribution in [3.05, 3.63) is 180 Å². The van der Waals surface area contributed by atoms with Gasteiger partial charge in [0.1, 0.15) is 34.3 Å². The molecule has 0 spiro atoms. The fourth-order valence-electron chi connectivity index (χ4n) is 8.45. The number of aliphatic imine (C=N–C) groups is 2. The number of thiophene rings is 1. The van der Waals surface area contributed by atoms with E-state index in [9.17, 15) is 0 Å². The number of hydrogen-bond acceptors (Lipinski definition) is 6. The molecule has 0 saturated carbocycles. The molecule has 0 aliphatic carbocycles. The fourth-order valence-corrected chi connectivity index (χ4v) is 9.67. The quantitative estimate of drug-likeness (QED) is 0.197. The second-order valence-corrected chi connectivity index (χ2v) is 15.1. The number of furan rings is 2. The molecule has 5 nitrogen and oxygen atoms in total. The molecule has 0 saturated heterocycles. The SMILES string of the molecule is c1ccc2cc(C3=NC(c4cccc5oc6c(-c7cccc8oc9ccccc9c78)cccc6c45)NC(c4cccc5c4sc4ccccc45)=N3)ccc2c1. The Labute approximate surface area is 318 Å². The van der Waals surface area contributed by atoms with Crippen molar-refractivity contribution in [1.29, 1.82) is 0 Å². The standard InChI is InChI=1S/C49H29N3O2S/c1-2-12-29-27-30(26-25-28(29)11-1)47-50-48(52-49(51-47)38-20-8-17-34-31-13-4-6-24-42(31)55-46(34)38)37-19-10-23-41-44(37)36-18-7-16-33(45(36)54-41)32-15-9-22-40-43(32)35-14-3-5-21-39(35)53-40/h1-27,48H,(H,50,51,52). The van der Waals surface area contributed by atoms with Gasteiger partial charge < -0.3 is 14.2 Å². The van der Waals surface area contributed by atoms with Crippen molar-refractivity contribution < 1.29 is 8.83 Å². The Morgan fingerprint density at radius 1 is 0.509 bits per heavy atom. The van der Waals surface area contributed by atoms with Crippen LogP contribution in [-0.4, -0.2) is 11.7 Å². The van der Waals surface area contributed by atoms with Gasteiger partial charge >= 0.3 is 0 Å². The van der Waals surface area contributed by atoms with E-state index in [1.54, 1.807) is 11.3 Å². The Bertz CT molecular complexity index is 3440. The first-order valence-corrected chi connectivity index (χ1v) is 19.2. The van der Waals surface area contributed by atoms with Crippen molar-refractivity contribution in [3.8, 4) is 11.1 Å². The van der Waals surface area contributed by atoms with Crippen molar-refractivity contribution in [3.63, 3.8) is 0 Å². The largest absolute Gasteiger partial charge is 0.456 e. The van der Waals surface area contributed by atoms with Gasteiger partial charge in [0.05, 0.1) is 0 Å². The van der Waals surface area contributed by atoms with Crippen molar-refractivity contribution in [1.82, 2.24) is 5.32 Å². The highest BCUT2D eigenvalue weighted by molar-refractivity contribution is 7.26. The number of benzene rings is 8. The number of nitrogens with zero attached hydrogens (tertiary/aromatic N) is 2. The lowest BCUT2D eigenvalue weighted by atomic mass is 9.96. The Morgan fingerprint density at radius 2 is 1.20 bits per heavy atom. The number of amidine groups is 2. The van der Waals surface area contributed by atoms with E-state index in [4.69, 9.17) is 18.8 Å². The molecule has 8 aromatic carbocycles. The van der Waals surface area contributed by atoms with Crippen LogP contribution in [0.15, 0.2) is 183 Å². The highest BCUT2D eigenvalue weighted by Gasteiger charge is 2.27. The van der Waals surface area contributed by atoms with Crippen molar-refractivity contribution in [2.24, 2.45) is 9.98 Å². The van der Waals surface area contributed by atoms with Gasteiger partial charge in [0, 0.05) is 64.0 Å². The molecule has 3 aromatic heterocycles. The van der Waals surface area contributed by atoms with Gasteiger partial charge in [0.15, 0.2) is 5.84 Å². The smallest absolute Gasteiger partial charge is 0.159 e. The van der Waals surface area contributed by atoms with Crippen LogP contribution in [0, 0.1) is 0 Å². The average molecular weight is 724 g/mol. The molecule has 0 radical (unpaired) electrons. The van der Waals surface area contributed by atoms with Crippen LogP contribution < -0.4 is 5.32 Å². The van der Waals surface area contributed by atoms with E-state index >= 15 is 0 Å². The Morgan fingerprint density at radius 3 is 2.13 bits per heavy atom. The van der Waals surface area contributed by atoms with Gasteiger partial charge in [0.25, 0.3) is 0 Å². The molecule has 1 N–H and O–H groups in total. The van der Waals surface area contributed by atoms with Crippen LogP contribution >= 0.6 is 11.3 Å². The van der Waals surface area contributed by atoms with Gasteiger partial charge in [-0.15, -0.1) is 11.3 Å². The lowest BCUT2D eigenvalue weighted by Gasteiger charge is -2.24. The summed E-state index contributed by atoms with van der Waals surface area (Å²) in [6, 6.07) is 57.2. The first-order valence-electron chi connectivity index (χ1n) is 18.4. The average Bonchev–Trinajstić information content (AvgIpc) is 3.95. The zero-order valence-corrected chi connectivity index (χ0v) is 30.1. The Hall–Kier alpha value is -7.02. The van der Waals surface area contributed by atoms with Crippen LogP contribution in [-0.2, 0) is 0 Å². The Kier molecular flexibility index (Phi) is 6.50. The molecule has 1 aliphatic heterocycles. The van der Waals surface area contributed by atoms with E-state index in [2.05, 4.69) is 151 Å². The molecule has 0 fully saturated rings. The molecule has 1 aliphatic rings. The van der Waals surface area contributed by atoms with E-state index in [1.807, 2.05) is 18.2 Å². The van der Waals surface area contributed by atoms with Gasteiger partial charge in [-0.25, -0.2) is 9.98 Å². The predicted octanol–water partition coefficient (Wildman–Crippen LogP) is 13.2. The van der Waals surface area contributed by atoms with Gasteiger partial charge in [-0.1, -0.05) is 127 Å². The van der Waals surface area contributed by atoms with Crippen LogP contribution in [0.5, 0.6) is 0 Å². The summed E-state index contributed by atoms with van der Waals surface area (Å²) in [5, 5.41) is 12.9. The second-order valence-electron chi connectivity index (χ2n) is 14.1. The fraction of sp³-hybridized carbons (Fsp3) is 0.0204. The van der Waals surface area contributed by atoms with Crippen LogP contribution in [0.25, 0.3) is 85.9 Å². The maximum Gasteiger partial charge on any atom is 0.159 e. The molecule has 258 valence electrons. The van der Waals surface area contributed by atoms with Gasteiger partial charge in [-0.05, 0) is 52.7 Å². The second kappa shape index (κ2) is 11.7. The summed E-state index contributed by atoms with van der Waals surface area (Å²) in [5.74, 6) is 1.48. The highest BCUT2D eigenvalue weighted by atomic mass is 32.1. The zero-order chi connectivity index (χ0) is 36.0. The zero-order valence-electron chi connectivity index (χ0n) is 29.3. The molecule has 12 rings (SSSR count). The molecule has 11 aromatic rings. The molecular weight excluding hydrogens is 695 g/mol. The van der Waals surface area contributed by atoms with E-state index in [0.717, 1.165) is 82.9 Å². The maximum atomic E-state index is 6.83. The molecule has 0 bridgehead atoms. The van der Waals surface area contributed by atoms with Gasteiger partial charge in [0.2, 0.25) is 0 Å². The van der Waals surface area contributed by atoms with Crippen LogP contribution in [0.1, 0.15) is 22.9 Å².